The van der Waals surface area contributed by atoms with Gasteiger partial charge in [-0.15, -0.1) is 0 Å². The zero-order valence-electron chi connectivity index (χ0n) is 22.0. The number of esters is 1. The number of fused-ring (bicyclic) bond motifs is 1. The number of imide groups is 1. The maximum absolute atomic E-state index is 12.6. The van der Waals surface area contributed by atoms with Gasteiger partial charge in [0.25, 0.3) is 11.8 Å². The molecule has 11 heteroatoms. The molecule has 39 heavy (non-hydrogen) atoms. The summed E-state index contributed by atoms with van der Waals surface area (Å²) in [6.45, 7) is 3.72. The van der Waals surface area contributed by atoms with Crippen molar-refractivity contribution in [3.8, 4) is 17.2 Å². The molecule has 0 radical (unpaired) electrons. The summed E-state index contributed by atoms with van der Waals surface area (Å²) in [7, 11) is 0. The van der Waals surface area contributed by atoms with Crippen molar-refractivity contribution in [2.75, 3.05) is 26.4 Å². The summed E-state index contributed by atoms with van der Waals surface area (Å²) in [5.74, 6) is 0.0428. The second-order valence-electron chi connectivity index (χ2n) is 9.57. The van der Waals surface area contributed by atoms with Crippen molar-refractivity contribution < 1.29 is 38.1 Å². The Bertz CT molecular complexity index is 1180. The van der Waals surface area contributed by atoms with E-state index in [2.05, 4.69) is 10.6 Å². The summed E-state index contributed by atoms with van der Waals surface area (Å²) in [5, 5.41) is 4.62. The molecule has 3 unspecified atom stereocenters. The topological polar surface area (TPSA) is 132 Å². The molecular weight excluding hydrogens is 506 g/mol. The highest BCUT2D eigenvalue weighted by Crippen LogP contribution is 2.30. The highest BCUT2D eigenvalue weighted by Gasteiger charge is 2.29. The molecule has 2 aliphatic heterocycles. The van der Waals surface area contributed by atoms with Crippen LogP contribution in [-0.4, -0.2) is 73.3 Å². The molecule has 2 aromatic rings. The van der Waals surface area contributed by atoms with Crippen molar-refractivity contribution in [2.24, 2.45) is 0 Å². The number of rotatable bonds is 8. The first kappa shape index (κ1) is 27.7. The number of urea groups is 1. The van der Waals surface area contributed by atoms with Crippen molar-refractivity contribution in [3.63, 3.8) is 0 Å². The van der Waals surface area contributed by atoms with Crippen molar-refractivity contribution in [3.05, 3.63) is 54.1 Å². The van der Waals surface area contributed by atoms with Crippen LogP contribution >= 0.6 is 0 Å². The number of carbonyl (C=O) groups excluding carboxylic acids is 4. The van der Waals surface area contributed by atoms with Gasteiger partial charge in [-0.2, -0.15) is 0 Å². The summed E-state index contributed by atoms with van der Waals surface area (Å²) in [6, 6.07) is 12.9. The average Bonchev–Trinajstić information content (AvgIpc) is 2.93. The van der Waals surface area contributed by atoms with Crippen molar-refractivity contribution in [1.29, 1.82) is 0 Å². The quantitative estimate of drug-likeness (QED) is 0.490. The minimum absolute atomic E-state index is 0.0711. The van der Waals surface area contributed by atoms with E-state index in [-0.39, 0.29) is 43.3 Å². The van der Waals surface area contributed by atoms with Crippen LogP contribution in [0.5, 0.6) is 17.2 Å². The number of nitrogens with zero attached hydrogens (tertiary/aromatic N) is 1. The SMILES string of the molecule is CC1CCCC(C)N1C(=O)COc1ccc(C(=O)OCC(=O)NC(=O)NCC2COc3ccccc3O2)cc1. The lowest BCUT2D eigenvalue weighted by Crippen LogP contribution is -2.49. The van der Waals surface area contributed by atoms with E-state index >= 15 is 0 Å². The van der Waals surface area contributed by atoms with Crippen LogP contribution in [0.15, 0.2) is 48.5 Å². The second kappa shape index (κ2) is 13.0. The Morgan fingerprint density at radius 1 is 0.949 bits per heavy atom. The van der Waals surface area contributed by atoms with Crippen LogP contribution in [-0.2, 0) is 14.3 Å². The highest BCUT2D eigenvalue weighted by molar-refractivity contribution is 5.97. The molecule has 2 aliphatic rings. The molecular formula is C28H33N3O8. The fourth-order valence-electron chi connectivity index (χ4n) is 4.61. The Morgan fingerprint density at radius 2 is 1.64 bits per heavy atom. The minimum Gasteiger partial charge on any atom is -0.486 e. The molecule has 208 valence electrons. The van der Waals surface area contributed by atoms with E-state index in [0.29, 0.717) is 17.2 Å². The zero-order valence-corrected chi connectivity index (χ0v) is 22.0. The molecule has 11 nitrogen and oxygen atoms in total. The molecule has 0 spiro atoms. The van der Waals surface area contributed by atoms with E-state index in [9.17, 15) is 19.2 Å². The van der Waals surface area contributed by atoms with Gasteiger partial charge in [0.05, 0.1) is 12.1 Å². The van der Waals surface area contributed by atoms with Crippen molar-refractivity contribution >= 4 is 23.8 Å². The predicted molar refractivity (Wildman–Crippen MR) is 140 cm³/mol. The molecule has 2 aromatic carbocycles. The van der Waals surface area contributed by atoms with Gasteiger partial charge in [-0.05, 0) is 69.5 Å². The zero-order chi connectivity index (χ0) is 27.8. The highest BCUT2D eigenvalue weighted by atomic mass is 16.6. The second-order valence-corrected chi connectivity index (χ2v) is 9.57. The standard InChI is InChI=1S/C28H33N3O8/c1-18-6-5-7-19(2)31(18)26(33)17-36-21-12-10-20(11-13-21)27(34)38-16-25(32)30-28(35)29-14-22-15-37-23-8-3-4-9-24(23)39-22/h3-4,8-13,18-19,22H,5-7,14-17H2,1-2H3,(H2,29,30,32,35). The van der Waals surface area contributed by atoms with E-state index in [1.165, 1.54) is 12.1 Å². The van der Waals surface area contributed by atoms with Gasteiger partial charge in [-0.1, -0.05) is 12.1 Å². The number of piperidine rings is 1. The largest absolute Gasteiger partial charge is 0.486 e. The Morgan fingerprint density at radius 3 is 2.36 bits per heavy atom. The molecule has 0 bridgehead atoms. The first-order valence-corrected chi connectivity index (χ1v) is 13.0. The number of amides is 4. The molecule has 1 fully saturated rings. The van der Waals surface area contributed by atoms with Gasteiger partial charge in [0.2, 0.25) is 0 Å². The lowest BCUT2D eigenvalue weighted by Gasteiger charge is -2.38. The third-order valence-corrected chi connectivity index (χ3v) is 6.58. The Kier molecular flexibility index (Phi) is 9.24. The van der Waals surface area contributed by atoms with E-state index in [0.717, 1.165) is 19.3 Å². The van der Waals surface area contributed by atoms with Crippen molar-refractivity contribution in [1.82, 2.24) is 15.5 Å². The summed E-state index contributed by atoms with van der Waals surface area (Å²) >= 11 is 0. The van der Waals surface area contributed by atoms with Crippen LogP contribution in [0.2, 0.25) is 0 Å². The van der Waals surface area contributed by atoms with Gasteiger partial charge in [-0.25, -0.2) is 9.59 Å². The van der Waals surface area contributed by atoms with Crippen LogP contribution in [0.4, 0.5) is 4.79 Å². The van der Waals surface area contributed by atoms with Gasteiger partial charge in [0.1, 0.15) is 12.4 Å². The van der Waals surface area contributed by atoms with Gasteiger partial charge < -0.3 is 29.2 Å². The number of hydrogen-bond acceptors (Lipinski definition) is 8. The van der Waals surface area contributed by atoms with Crippen molar-refractivity contribution in [2.45, 2.75) is 51.3 Å². The Hall–Kier alpha value is -4.28. The monoisotopic (exact) mass is 539 g/mol. The van der Waals surface area contributed by atoms with Gasteiger partial charge in [0.15, 0.2) is 30.8 Å². The maximum Gasteiger partial charge on any atom is 0.338 e. The first-order chi connectivity index (χ1) is 18.8. The molecule has 4 amide bonds. The van der Waals surface area contributed by atoms with Crippen LogP contribution in [0, 0.1) is 0 Å². The number of likely N-dealkylation sites (tertiary alicyclic amines) is 1. The fourth-order valence-corrected chi connectivity index (χ4v) is 4.61. The number of benzene rings is 2. The minimum atomic E-state index is -0.786. The summed E-state index contributed by atoms with van der Waals surface area (Å²) in [6.07, 6.45) is 2.66. The normalized spacial score (nSPS) is 19.9. The first-order valence-electron chi connectivity index (χ1n) is 13.0. The molecule has 2 N–H and O–H groups in total. The van der Waals surface area contributed by atoms with E-state index < -0.39 is 30.6 Å². The molecule has 3 atom stereocenters. The Labute approximate surface area is 226 Å². The molecule has 0 aliphatic carbocycles. The summed E-state index contributed by atoms with van der Waals surface area (Å²) in [4.78, 5) is 50.8. The fraction of sp³-hybridized carbons (Fsp3) is 0.429. The number of carbonyl (C=O) groups is 4. The molecule has 2 heterocycles. The summed E-state index contributed by atoms with van der Waals surface area (Å²) < 4.78 is 21.9. The van der Waals surface area contributed by atoms with E-state index in [1.54, 1.807) is 24.3 Å². The van der Waals surface area contributed by atoms with Gasteiger partial charge in [-0.3, -0.25) is 14.9 Å². The maximum atomic E-state index is 12.6. The van der Waals surface area contributed by atoms with E-state index in [4.69, 9.17) is 18.9 Å². The average molecular weight is 540 g/mol. The van der Waals surface area contributed by atoms with Crippen LogP contribution in [0.1, 0.15) is 43.5 Å². The van der Waals surface area contributed by atoms with Gasteiger partial charge in [0, 0.05) is 12.1 Å². The smallest absolute Gasteiger partial charge is 0.338 e. The number of para-hydroxylation sites is 2. The van der Waals surface area contributed by atoms with Gasteiger partial charge >= 0.3 is 12.0 Å². The lowest BCUT2D eigenvalue weighted by atomic mass is 9.97. The molecule has 4 rings (SSSR count). The third-order valence-electron chi connectivity index (χ3n) is 6.58. The van der Waals surface area contributed by atoms with Crippen LogP contribution < -0.4 is 24.8 Å². The number of hydrogen-bond donors (Lipinski definition) is 2. The molecule has 0 saturated carbocycles. The summed E-state index contributed by atoms with van der Waals surface area (Å²) in [5.41, 5.74) is 0.193. The Balaban J connectivity index is 1.14. The number of nitrogens with one attached hydrogen (secondary N) is 2. The molecule has 1 saturated heterocycles. The van der Waals surface area contributed by atoms with Crippen LogP contribution in [0.3, 0.4) is 0 Å². The predicted octanol–water partition coefficient (Wildman–Crippen LogP) is 2.68. The molecule has 0 aromatic heterocycles. The van der Waals surface area contributed by atoms with Crippen LogP contribution in [0.25, 0.3) is 0 Å². The van der Waals surface area contributed by atoms with E-state index in [1.807, 2.05) is 30.9 Å². The number of ether oxygens (including phenoxy) is 4. The lowest BCUT2D eigenvalue weighted by molar-refractivity contribution is -0.139. The third kappa shape index (κ3) is 7.62.